The van der Waals surface area contributed by atoms with E-state index in [-0.39, 0.29) is 11.5 Å². The summed E-state index contributed by atoms with van der Waals surface area (Å²) in [4.78, 5) is 0. The van der Waals surface area contributed by atoms with Crippen molar-refractivity contribution in [1.82, 2.24) is 0 Å². The van der Waals surface area contributed by atoms with Crippen LogP contribution < -0.4 is 10.5 Å². The van der Waals surface area contributed by atoms with Gasteiger partial charge in [0.2, 0.25) is 0 Å². The van der Waals surface area contributed by atoms with Crippen LogP contribution in [0, 0.1) is 25.7 Å². The summed E-state index contributed by atoms with van der Waals surface area (Å²) in [6.45, 7) is 11.3. The summed E-state index contributed by atoms with van der Waals surface area (Å²) in [6, 6.07) is 4.70. The van der Waals surface area contributed by atoms with E-state index in [1.807, 2.05) is 0 Å². The van der Waals surface area contributed by atoms with Crippen molar-refractivity contribution in [2.45, 2.75) is 65.3 Å². The molecule has 3 unspecified atom stereocenters. The molecule has 1 aliphatic rings. The van der Waals surface area contributed by atoms with Crippen LogP contribution in [0.4, 0.5) is 0 Å². The Morgan fingerprint density at radius 1 is 1.19 bits per heavy atom. The van der Waals surface area contributed by atoms with E-state index in [0.717, 1.165) is 18.1 Å². The number of ether oxygens (including phenoxy) is 1. The summed E-state index contributed by atoms with van der Waals surface area (Å²) in [5.74, 6) is 2.29. The van der Waals surface area contributed by atoms with Crippen molar-refractivity contribution in [3.8, 4) is 5.75 Å². The Bertz CT molecular complexity index is 507. The fourth-order valence-corrected chi connectivity index (χ4v) is 4.42. The van der Waals surface area contributed by atoms with E-state index in [1.165, 1.54) is 29.5 Å². The molecule has 2 rings (SSSR count). The molecule has 1 aromatic rings. The number of nitrogens with two attached hydrogens (primary N) is 1. The maximum absolute atomic E-state index is 6.52. The molecule has 1 aromatic carbocycles. The summed E-state index contributed by atoms with van der Waals surface area (Å²) in [5, 5.41) is 0. The smallest absolute Gasteiger partial charge is 0.123 e. The number of aryl methyl sites for hydroxylation is 2. The Morgan fingerprint density at radius 2 is 1.86 bits per heavy atom. The van der Waals surface area contributed by atoms with E-state index in [2.05, 4.69) is 46.8 Å². The van der Waals surface area contributed by atoms with Gasteiger partial charge in [-0.2, -0.15) is 0 Å². The molecule has 118 valence electrons. The summed E-state index contributed by atoms with van der Waals surface area (Å²) in [7, 11) is 1.77. The highest BCUT2D eigenvalue weighted by atomic mass is 16.5. The maximum atomic E-state index is 6.52. The Hall–Kier alpha value is -1.02. The lowest BCUT2D eigenvalue weighted by Crippen LogP contribution is -2.46. The first-order valence-electron chi connectivity index (χ1n) is 8.18. The molecule has 0 saturated heterocycles. The zero-order valence-corrected chi connectivity index (χ0v) is 14.5. The third-order valence-corrected chi connectivity index (χ3v) is 5.40. The molecule has 3 atom stereocenters. The molecule has 1 fully saturated rings. The zero-order chi connectivity index (χ0) is 15.8. The summed E-state index contributed by atoms with van der Waals surface area (Å²) in [5.41, 5.74) is 10.5. The lowest BCUT2D eigenvalue weighted by atomic mass is 9.63. The van der Waals surface area contributed by atoms with Gasteiger partial charge in [0.25, 0.3) is 0 Å². The van der Waals surface area contributed by atoms with Crippen molar-refractivity contribution in [2.75, 3.05) is 7.11 Å². The molecule has 0 bridgehead atoms. The minimum atomic E-state index is 0.0443. The lowest BCUT2D eigenvalue weighted by molar-refractivity contribution is 0.168. The van der Waals surface area contributed by atoms with Gasteiger partial charge < -0.3 is 10.5 Å². The van der Waals surface area contributed by atoms with Gasteiger partial charge in [0, 0.05) is 11.6 Å². The Kier molecular flexibility index (Phi) is 4.67. The van der Waals surface area contributed by atoms with Gasteiger partial charge in [0.15, 0.2) is 0 Å². The number of hydrogen-bond acceptors (Lipinski definition) is 2. The first-order chi connectivity index (χ1) is 9.77. The van der Waals surface area contributed by atoms with E-state index in [9.17, 15) is 0 Å². The molecule has 0 aromatic heterocycles. The second-order valence-corrected chi connectivity index (χ2v) is 7.57. The van der Waals surface area contributed by atoms with Gasteiger partial charge in [-0.25, -0.2) is 0 Å². The van der Waals surface area contributed by atoms with Crippen LogP contribution in [0.15, 0.2) is 12.1 Å². The standard InChI is InChI=1S/C19H31NO/c1-12-7-8-15(16(20)10-12)19(4,5)18-14(3)9-13(2)11-17(18)21-6/h9,11-12,15-16H,7-8,10,20H2,1-6H3. The van der Waals surface area contributed by atoms with Crippen molar-refractivity contribution in [3.63, 3.8) is 0 Å². The fourth-order valence-electron chi connectivity index (χ4n) is 4.42. The molecule has 0 amide bonds. The van der Waals surface area contributed by atoms with E-state index >= 15 is 0 Å². The number of benzene rings is 1. The molecular weight excluding hydrogens is 258 g/mol. The maximum Gasteiger partial charge on any atom is 0.123 e. The lowest BCUT2D eigenvalue weighted by Gasteiger charge is -2.44. The Balaban J connectivity index is 2.44. The molecule has 0 spiro atoms. The largest absolute Gasteiger partial charge is 0.496 e. The van der Waals surface area contributed by atoms with Gasteiger partial charge in [0.05, 0.1) is 7.11 Å². The van der Waals surface area contributed by atoms with Crippen molar-refractivity contribution in [2.24, 2.45) is 17.6 Å². The fraction of sp³-hybridized carbons (Fsp3) is 0.684. The molecule has 0 aliphatic heterocycles. The quantitative estimate of drug-likeness (QED) is 0.897. The van der Waals surface area contributed by atoms with Gasteiger partial charge in [0.1, 0.15) is 5.75 Å². The van der Waals surface area contributed by atoms with Gasteiger partial charge in [-0.05, 0) is 61.1 Å². The molecule has 2 heteroatoms. The molecule has 2 nitrogen and oxygen atoms in total. The van der Waals surface area contributed by atoms with Crippen molar-refractivity contribution in [1.29, 1.82) is 0 Å². The van der Waals surface area contributed by atoms with E-state index in [1.54, 1.807) is 7.11 Å². The summed E-state index contributed by atoms with van der Waals surface area (Å²) < 4.78 is 5.70. The van der Waals surface area contributed by atoms with Crippen LogP contribution in [0.3, 0.4) is 0 Å². The monoisotopic (exact) mass is 289 g/mol. The highest BCUT2D eigenvalue weighted by Crippen LogP contribution is 2.46. The Labute approximate surface area is 130 Å². The predicted molar refractivity (Wildman–Crippen MR) is 90.0 cm³/mol. The molecule has 0 radical (unpaired) electrons. The van der Waals surface area contributed by atoms with Crippen molar-refractivity contribution >= 4 is 0 Å². The van der Waals surface area contributed by atoms with Crippen LogP contribution in [0.2, 0.25) is 0 Å². The van der Waals surface area contributed by atoms with Crippen LogP contribution in [0.25, 0.3) is 0 Å². The average molecular weight is 289 g/mol. The summed E-state index contributed by atoms with van der Waals surface area (Å²) >= 11 is 0. The van der Waals surface area contributed by atoms with Gasteiger partial charge in [-0.15, -0.1) is 0 Å². The normalized spacial score (nSPS) is 26.7. The van der Waals surface area contributed by atoms with Gasteiger partial charge >= 0.3 is 0 Å². The van der Waals surface area contributed by atoms with E-state index < -0.39 is 0 Å². The SMILES string of the molecule is COc1cc(C)cc(C)c1C(C)(C)C1CCC(C)CC1N. The molecule has 1 aliphatic carbocycles. The van der Waals surface area contributed by atoms with Crippen LogP contribution in [-0.2, 0) is 5.41 Å². The minimum absolute atomic E-state index is 0.0443. The van der Waals surface area contributed by atoms with Crippen LogP contribution in [-0.4, -0.2) is 13.2 Å². The van der Waals surface area contributed by atoms with E-state index in [4.69, 9.17) is 10.5 Å². The average Bonchev–Trinajstić information content (AvgIpc) is 2.36. The first kappa shape index (κ1) is 16.4. The van der Waals surface area contributed by atoms with Gasteiger partial charge in [-0.1, -0.05) is 33.3 Å². The second-order valence-electron chi connectivity index (χ2n) is 7.57. The zero-order valence-electron chi connectivity index (χ0n) is 14.5. The molecule has 2 N–H and O–H groups in total. The first-order valence-corrected chi connectivity index (χ1v) is 8.18. The topological polar surface area (TPSA) is 35.2 Å². The summed E-state index contributed by atoms with van der Waals surface area (Å²) in [6.07, 6.45) is 3.64. The Morgan fingerprint density at radius 3 is 2.43 bits per heavy atom. The van der Waals surface area contributed by atoms with E-state index in [0.29, 0.717) is 5.92 Å². The molecule has 0 heterocycles. The van der Waals surface area contributed by atoms with Crippen molar-refractivity contribution in [3.05, 3.63) is 28.8 Å². The van der Waals surface area contributed by atoms with Crippen LogP contribution >= 0.6 is 0 Å². The third kappa shape index (κ3) is 3.11. The number of rotatable bonds is 3. The highest BCUT2D eigenvalue weighted by molar-refractivity contribution is 5.48. The molecular formula is C19H31NO. The number of methoxy groups -OCH3 is 1. The number of hydrogen-bond donors (Lipinski definition) is 1. The predicted octanol–water partition coefficient (Wildman–Crippen LogP) is 4.35. The van der Waals surface area contributed by atoms with Gasteiger partial charge in [-0.3, -0.25) is 0 Å². The van der Waals surface area contributed by atoms with Crippen LogP contribution in [0.5, 0.6) is 5.75 Å². The molecule has 21 heavy (non-hydrogen) atoms. The van der Waals surface area contributed by atoms with Crippen molar-refractivity contribution < 1.29 is 4.74 Å². The second kappa shape index (κ2) is 6.00. The van der Waals surface area contributed by atoms with Crippen LogP contribution in [0.1, 0.15) is 56.7 Å². The highest BCUT2D eigenvalue weighted by Gasteiger charge is 2.40. The minimum Gasteiger partial charge on any atom is -0.496 e. The molecule has 1 saturated carbocycles. The third-order valence-electron chi connectivity index (χ3n) is 5.40.